The van der Waals surface area contributed by atoms with E-state index in [0.717, 1.165) is 22.6 Å². The highest BCUT2D eigenvalue weighted by Crippen LogP contribution is 2.22. The van der Waals surface area contributed by atoms with E-state index in [1.54, 1.807) is 18.2 Å². The molecule has 154 valence electrons. The number of nitrogens with two attached hydrogens (primary N) is 1. The molecular weight excluding hydrogens is 390 g/mol. The number of amides is 2. The van der Waals surface area contributed by atoms with Crippen LogP contribution in [0.25, 0.3) is 16.0 Å². The topological polar surface area (TPSA) is 119 Å². The maximum Gasteiger partial charge on any atom is 0.289 e. The number of primary amides is 1. The van der Waals surface area contributed by atoms with Crippen molar-refractivity contribution >= 4 is 45.1 Å². The fraction of sp³-hybridized carbons (Fsp3) is 0.450. The quantitative estimate of drug-likeness (QED) is 0.548. The Labute approximate surface area is 172 Å². The van der Waals surface area contributed by atoms with Crippen molar-refractivity contribution in [3.05, 3.63) is 30.1 Å². The Balaban J connectivity index is 1.94. The number of carbonyl (C=O) groups is 3. The Morgan fingerprint density at radius 2 is 1.86 bits per heavy atom. The van der Waals surface area contributed by atoms with E-state index in [2.05, 4.69) is 14.7 Å². The van der Waals surface area contributed by atoms with Crippen molar-refractivity contribution in [2.45, 2.75) is 40.2 Å². The summed E-state index contributed by atoms with van der Waals surface area (Å²) in [7, 11) is 0. The van der Waals surface area contributed by atoms with Crippen molar-refractivity contribution in [3.8, 4) is 0 Å². The van der Waals surface area contributed by atoms with E-state index in [0.29, 0.717) is 11.4 Å². The van der Waals surface area contributed by atoms with Gasteiger partial charge in [-0.3, -0.25) is 18.8 Å². The van der Waals surface area contributed by atoms with Gasteiger partial charge >= 0.3 is 0 Å². The minimum absolute atomic E-state index is 0.134. The van der Waals surface area contributed by atoms with Crippen LogP contribution >= 0.6 is 11.5 Å². The molecule has 0 radical (unpaired) electrons. The Morgan fingerprint density at radius 3 is 2.48 bits per heavy atom. The molecule has 3 rings (SSSR count). The largest absolute Gasteiger partial charge is 0.369 e. The molecule has 1 aromatic carbocycles. The molecule has 2 aromatic heterocycles. The summed E-state index contributed by atoms with van der Waals surface area (Å²) in [5, 5.41) is 2.79. The number of nitrogens with zero attached hydrogens (tertiary/aromatic N) is 3. The molecule has 0 bridgehead atoms. The number of carbonyl (C=O) groups excluding carboxylic acids is 3. The van der Waals surface area contributed by atoms with Crippen LogP contribution in [0.3, 0.4) is 0 Å². The number of benzene rings is 1. The molecule has 1 unspecified atom stereocenters. The first-order valence-corrected chi connectivity index (χ1v) is 10.3. The smallest absolute Gasteiger partial charge is 0.289 e. The third-order valence-electron chi connectivity index (χ3n) is 4.79. The summed E-state index contributed by atoms with van der Waals surface area (Å²) in [5.41, 5.74) is 6.99. The summed E-state index contributed by atoms with van der Waals surface area (Å²) in [4.78, 5) is 43.0. The third kappa shape index (κ3) is 4.14. The van der Waals surface area contributed by atoms with Gasteiger partial charge < -0.3 is 11.1 Å². The molecule has 9 heteroatoms. The summed E-state index contributed by atoms with van der Waals surface area (Å²) in [6.45, 7) is 7.43. The van der Waals surface area contributed by atoms with Crippen molar-refractivity contribution in [2.24, 2.45) is 23.5 Å². The lowest BCUT2D eigenvalue weighted by Crippen LogP contribution is -2.49. The lowest BCUT2D eigenvalue weighted by atomic mass is 9.84. The first kappa shape index (κ1) is 20.9. The van der Waals surface area contributed by atoms with Gasteiger partial charge in [0.25, 0.3) is 5.91 Å². The average molecular weight is 416 g/mol. The molecule has 2 atom stereocenters. The van der Waals surface area contributed by atoms with Crippen LogP contribution in [0.15, 0.2) is 24.3 Å². The second kappa shape index (κ2) is 8.28. The average Bonchev–Trinajstić information content (AvgIpc) is 3.19. The molecule has 0 fully saturated rings. The van der Waals surface area contributed by atoms with Gasteiger partial charge in [-0.2, -0.15) is 4.37 Å². The number of para-hydroxylation sites is 2. The van der Waals surface area contributed by atoms with E-state index in [4.69, 9.17) is 5.73 Å². The minimum Gasteiger partial charge on any atom is -0.369 e. The molecule has 8 nitrogen and oxygen atoms in total. The highest BCUT2D eigenvalue weighted by molar-refractivity contribution is 7.11. The Bertz CT molecular complexity index is 1070. The van der Waals surface area contributed by atoms with Crippen LogP contribution in [-0.4, -0.2) is 37.4 Å². The Hall–Kier alpha value is -2.81. The van der Waals surface area contributed by atoms with E-state index in [-0.39, 0.29) is 23.4 Å². The van der Waals surface area contributed by atoms with Gasteiger partial charge in [0.1, 0.15) is 5.92 Å². The first-order chi connectivity index (χ1) is 13.7. The number of fused-ring (bicyclic) bond motifs is 3. The van der Waals surface area contributed by atoms with Crippen LogP contribution in [0.5, 0.6) is 0 Å². The summed E-state index contributed by atoms with van der Waals surface area (Å²) in [5.74, 6) is -2.43. The van der Waals surface area contributed by atoms with Gasteiger partial charge in [0.2, 0.25) is 16.7 Å². The Morgan fingerprint density at radius 1 is 1.17 bits per heavy atom. The number of nitrogens with one attached hydrogen (secondary N) is 1. The van der Waals surface area contributed by atoms with Crippen molar-refractivity contribution in [3.63, 3.8) is 0 Å². The monoisotopic (exact) mass is 415 g/mol. The minimum atomic E-state index is -0.955. The van der Waals surface area contributed by atoms with Crippen molar-refractivity contribution in [1.82, 2.24) is 19.1 Å². The zero-order valence-electron chi connectivity index (χ0n) is 16.9. The number of imidazole rings is 1. The van der Waals surface area contributed by atoms with Gasteiger partial charge in [-0.05, 0) is 30.4 Å². The number of ketones is 1. The predicted octanol–water partition coefficient (Wildman–Crippen LogP) is 2.42. The van der Waals surface area contributed by atoms with Gasteiger partial charge in [0.05, 0.1) is 17.1 Å². The van der Waals surface area contributed by atoms with Gasteiger partial charge in [-0.25, -0.2) is 4.98 Å². The van der Waals surface area contributed by atoms with Crippen LogP contribution in [0.2, 0.25) is 0 Å². The maximum absolute atomic E-state index is 13.0. The van der Waals surface area contributed by atoms with Gasteiger partial charge in [-0.15, -0.1) is 0 Å². The third-order valence-corrected chi connectivity index (χ3v) is 5.50. The molecule has 0 aliphatic rings. The second-order valence-electron chi connectivity index (χ2n) is 7.91. The number of rotatable bonds is 8. The fourth-order valence-corrected chi connectivity index (χ4v) is 4.23. The van der Waals surface area contributed by atoms with E-state index in [1.165, 1.54) is 0 Å². The van der Waals surface area contributed by atoms with Crippen LogP contribution in [0.1, 0.15) is 44.7 Å². The Kier molecular flexibility index (Phi) is 5.97. The van der Waals surface area contributed by atoms with Crippen LogP contribution in [0.4, 0.5) is 0 Å². The molecule has 2 amide bonds. The van der Waals surface area contributed by atoms with Gasteiger partial charge in [0.15, 0.2) is 5.78 Å². The maximum atomic E-state index is 13.0. The number of Topliss-reactive ketones (excluding diaryl/α,β-unsaturated/α-hetero) is 1. The van der Waals surface area contributed by atoms with Gasteiger partial charge in [0, 0.05) is 11.5 Å². The molecule has 3 N–H and O–H groups in total. The number of hydrogen-bond acceptors (Lipinski definition) is 6. The fourth-order valence-electron chi connectivity index (χ4n) is 3.49. The van der Waals surface area contributed by atoms with Crippen molar-refractivity contribution in [2.75, 3.05) is 0 Å². The molecule has 29 heavy (non-hydrogen) atoms. The standard InChI is InChI=1S/C20H25N5O3S/c1-10(2)9-13(16(26)15(11(3)4)17(21)27)22-19(28)18-24-29-20-23-12-7-5-6-8-14(12)25(18)20/h5-8,10-11,13,15H,9H2,1-4H3,(H2,21,27)(H,22,28)/t13-,15?/m0/s1. The highest BCUT2D eigenvalue weighted by Gasteiger charge is 2.35. The summed E-state index contributed by atoms with van der Waals surface area (Å²) in [6, 6.07) is 6.64. The SMILES string of the molecule is CC(C)C[C@H](NC(=O)c1nsc2nc3ccccc3n12)C(=O)C(C(N)=O)C(C)C. The zero-order chi connectivity index (χ0) is 21.3. The highest BCUT2D eigenvalue weighted by atomic mass is 32.1. The number of hydrogen-bond donors (Lipinski definition) is 2. The summed E-state index contributed by atoms with van der Waals surface area (Å²) >= 11 is 1.12. The van der Waals surface area contributed by atoms with E-state index >= 15 is 0 Å². The predicted molar refractivity (Wildman–Crippen MR) is 112 cm³/mol. The number of aromatic nitrogens is 3. The van der Waals surface area contributed by atoms with Gasteiger partial charge in [-0.1, -0.05) is 39.8 Å². The molecule has 0 saturated carbocycles. The molecular formula is C20H25N5O3S. The molecule has 3 aromatic rings. The summed E-state index contributed by atoms with van der Waals surface area (Å²) < 4.78 is 5.92. The normalized spacial score (nSPS) is 13.9. The second-order valence-corrected chi connectivity index (χ2v) is 8.64. The molecule has 0 spiro atoms. The zero-order valence-corrected chi connectivity index (χ0v) is 17.7. The van der Waals surface area contributed by atoms with Crippen LogP contribution in [0, 0.1) is 17.8 Å². The molecule has 0 saturated heterocycles. The van der Waals surface area contributed by atoms with Crippen LogP contribution in [-0.2, 0) is 9.59 Å². The van der Waals surface area contributed by atoms with Crippen molar-refractivity contribution in [1.29, 1.82) is 0 Å². The lowest BCUT2D eigenvalue weighted by Gasteiger charge is -2.24. The summed E-state index contributed by atoms with van der Waals surface area (Å²) in [6.07, 6.45) is 0.402. The van der Waals surface area contributed by atoms with Crippen LogP contribution < -0.4 is 11.1 Å². The molecule has 0 aliphatic heterocycles. The lowest BCUT2D eigenvalue weighted by molar-refractivity contribution is -0.135. The molecule has 0 aliphatic carbocycles. The van der Waals surface area contributed by atoms with E-state index in [9.17, 15) is 14.4 Å². The molecule has 2 heterocycles. The van der Waals surface area contributed by atoms with E-state index in [1.807, 2.05) is 38.1 Å². The first-order valence-electron chi connectivity index (χ1n) is 9.57. The van der Waals surface area contributed by atoms with E-state index < -0.39 is 23.8 Å². The van der Waals surface area contributed by atoms with Crippen molar-refractivity contribution < 1.29 is 14.4 Å².